The largest absolute Gasteiger partial charge is 0.433 e. The van der Waals surface area contributed by atoms with Crippen LogP contribution in [0.15, 0.2) is 58.2 Å². The van der Waals surface area contributed by atoms with Gasteiger partial charge in [-0.15, -0.1) is 0 Å². The quantitative estimate of drug-likeness (QED) is 0.684. The number of sulfone groups is 1. The molecule has 1 unspecified atom stereocenters. The molecule has 0 bridgehead atoms. The minimum Gasteiger partial charge on any atom is -0.351 e. The van der Waals surface area contributed by atoms with Crippen molar-refractivity contribution in [1.29, 1.82) is 0 Å². The van der Waals surface area contributed by atoms with Gasteiger partial charge in [-0.1, -0.05) is 12.1 Å². The number of nitrogens with one attached hydrogen (secondary N) is 1. The molecule has 168 valence electrons. The number of alkyl halides is 3. The van der Waals surface area contributed by atoms with Crippen molar-refractivity contribution < 1.29 is 31.2 Å². The number of aromatic nitrogens is 1. The lowest BCUT2D eigenvalue weighted by Crippen LogP contribution is -2.38. The fourth-order valence-corrected chi connectivity index (χ4v) is 3.72. The number of ketones is 1. The van der Waals surface area contributed by atoms with Gasteiger partial charge in [-0.2, -0.15) is 13.2 Å². The Morgan fingerprint density at radius 3 is 2.41 bits per heavy atom. The summed E-state index contributed by atoms with van der Waals surface area (Å²) in [5.74, 6) is -2.67. The van der Waals surface area contributed by atoms with Crippen LogP contribution in [0.25, 0.3) is 5.57 Å². The number of carbonyl (C=O) groups excluding carboxylic acids is 2. The van der Waals surface area contributed by atoms with E-state index < -0.39 is 39.3 Å². The molecule has 0 aliphatic carbocycles. The van der Waals surface area contributed by atoms with Gasteiger partial charge in [0.25, 0.3) is 0 Å². The zero-order chi connectivity index (χ0) is 23.7. The molecule has 2 heterocycles. The van der Waals surface area contributed by atoms with Gasteiger partial charge < -0.3 is 5.32 Å². The topological polar surface area (TPSA) is 106 Å². The predicted octanol–water partition coefficient (Wildman–Crippen LogP) is 2.82. The van der Waals surface area contributed by atoms with Crippen molar-refractivity contribution >= 4 is 33.3 Å². The van der Waals surface area contributed by atoms with Gasteiger partial charge in [0.05, 0.1) is 4.90 Å². The lowest BCUT2D eigenvalue weighted by atomic mass is 9.89. The van der Waals surface area contributed by atoms with Crippen LogP contribution in [-0.2, 0) is 32.1 Å². The van der Waals surface area contributed by atoms with E-state index in [0.29, 0.717) is 5.56 Å². The number of carbonyl (C=O) groups is 2. The van der Waals surface area contributed by atoms with E-state index in [0.717, 1.165) is 24.7 Å². The fraction of sp³-hybridized carbons (Fsp3) is 0.238. The molecule has 1 aromatic carbocycles. The number of rotatable bonds is 5. The highest BCUT2D eigenvalue weighted by Crippen LogP contribution is 2.32. The molecule has 0 radical (unpaired) electrons. The molecule has 7 nitrogen and oxygen atoms in total. The number of hydrogen-bond donors (Lipinski definition) is 1. The van der Waals surface area contributed by atoms with Gasteiger partial charge >= 0.3 is 6.18 Å². The van der Waals surface area contributed by atoms with Gasteiger partial charge in [0.1, 0.15) is 11.6 Å². The van der Waals surface area contributed by atoms with Crippen LogP contribution in [0.4, 0.5) is 13.2 Å². The molecule has 1 amide bonds. The van der Waals surface area contributed by atoms with E-state index in [-0.39, 0.29) is 28.3 Å². The van der Waals surface area contributed by atoms with Crippen molar-refractivity contribution in [2.45, 2.75) is 24.5 Å². The molecule has 0 saturated carbocycles. The van der Waals surface area contributed by atoms with E-state index in [9.17, 15) is 31.2 Å². The van der Waals surface area contributed by atoms with Gasteiger partial charge in [0.2, 0.25) is 5.91 Å². The van der Waals surface area contributed by atoms with E-state index in [2.05, 4.69) is 15.3 Å². The maximum atomic E-state index is 13.0. The first-order valence-corrected chi connectivity index (χ1v) is 11.2. The first kappa shape index (κ1) is 23.3. The zero-order valence-electron chi connectivity index (χ0n) is 17.0. The fourth-order valence-electron chi connectivity index (χ4n) is 3.08. The number of Topliss-reactive ketones (excluding diaryl/α,β-unsaturated/α-hetero) is 1. The van der Waals surface area contributed by atoms with Crippen molar-refractivity contribution in [2.75, 3.05) is 6.26 Å². The van der Waals surface area contributed by atoms with E-state index >= 15 is 0 Å². The van der Waals surface area contributed by atoms with Crippen molar-refractivity contribution in [3.63, 3.8) is 0 Å². The molecule has 0 spiro atoms. The van der Waals surface area contributed by atoms with Gasteiger partial charge in [-0.3, -0.25) is 19.6 Å². The zero-order valence-corrected chi connectivity index (χ0v) is 17.8. The second kappa shape index (κ2) is 8.65. The van der Waals surface area contributed by atoms with E-state index in [4.69, 9.17) is 0 Å². The lowest BCUT2D eigenvalue weighted by Gasteiger charge is -2.19. The Labute approximate surface area is 182 Å². The van der Waals surface area contributed by atoms with Crippen LogP contribution in [-0.4, -0.2) is 37.6 Å². The molecule has 3 rings (SSSR count). The number of hydrogen-bond acceptors (Lipinski definition) is 6. The van der Waals surface area contributed by atoms with Crippen LogP contribution in [0, 0.1) is 5.92 Å². The van der Waals surface area contributed by atoms with Crippen molar-refractivity contribution in [1.82, 2.24) is 10.3 Å². The molecule has 1 aromatic heterocycles. The Hall–Kier alpha value is -3.34. The Morgan fingerprint density at radius 2 is 1.81 bits per heavy atom. The smallest absolute Gasteiger partial charge is 0.351 e. The first-order chi connectivity index (χ1) is 14.9. The third-order valence-corrected chi connectivity index (χ3v) is 5.88. The number of nitrogens with zero attached hydrogens (tertiary/aromatic N) is 2. The highest BCUT2D eigenvalue weighted by Gasteiger charge is 2.35. The molecule has 11 heteroatoms. The molecule has 1 atom stereocenters. The SMILES string of the molecule is CC1=C(c2ccnc(C(F)(F)F)c2)C(=O)C(C(=O)NCc2ccc(S(C)(=O)=O)cc2)C=N1. The highest BCUT2D eigenvalue weighted by atomic mass is 32.2. The van der Waals surface area contributed by atoms with Crippen molar-refractivity contribution in [2.24, 2.45) is 10.9 Å². The second-order valence-corrected chi connectivity index (χ2v) is 9.16. The predicted molar refractivity (Wildman–Crippen MR) is 110 cm³/mol. The van der Waals surface area contributed by atoms with Crippen molar-refractivity contribution in [3.8, 4) is 0 Å². The van der Waals surface area contributed by atoms with Crippen LogP contribution in [0.1, 0.15) is 23.7 Å². The molecular weight excluding hydrogens is 447 g/mol. The second-order valence-electron chi connectivity index (χ2n) is 7.14. The number of allylic oxidation sites excluding steroid dienone is 2. The molecule has 0 saturated heterocycles. The van der Waals surface area contributed by atoms with Gasteiger partial charge in [-0.25, -0.2) is 8.42 Å². The average Bonchev–Trinajstić information content (AvgIpc) is 2.71. The minimum absolute atomic E-state index is 0.0198. The van der Waals surface area contributed by atoms with Crippen LogP contribution in [0.2, 0.25) is 0 Å². The monoisotopic (exact) mass is 465 g/mol. The van der Waals surface area contributed by atoms with Crippen LogP contribution in [0.3, 0.4) is 0 Å². The Balaban J connectivity index is 1.76. The molecule has 1 aliphatic heterocycles. The maximum Gasteiger partial charge on any atom is 0.433 e. The Morgan fingerprint density at radius 1 is 1.16 bits per heavy atom. The van der Waals surface area contributed by atoms with E-state index in [1.54, 1.807) is 0 Å². The summed E-state index contributed by atoms with van der Waals surface area (Å²) in [5, 5.41) is 2.56. The maximum absolute atomic E-state index is 13.0. The standard InChI is InChI=1S/C21H18F3N3O4S/c1-12-18(14-7-8-25-17(9-14)21(22,23)24)19(28)16(11-26-12)20(29)27-10-13-3-5-15(6-4-13)32(2,30)31/h3-9,11,16H,10H2,1-2H3,(H,27,29). The first-order valence-electron chi connectivity index (χ1n) is 9.27. The number of pyridine rings is 1. The summed E-state index contributed by atoms with van der Waals surface area (Å²) in [5.41, 5.74) is -0.480. The number of amides is 1. The summed E-state index contributed by atoms with van der Waals surface area (Å²) in [7, 11) is -3.35. The lowest BCUT2D eigenvalue weighted by molar-refractivity contribution is -0.141. The average molecular weight is 465 g/mol. The van der Waals surface area contributed by atoms with E-state index in [1.165, 1.54) is 37.3 Å². The Kier molecular flexibility index (Phi) is 6.31. The third-order valence-electron chi connectivity index (χ3n) is 4.75. The van der Waals surface area contributed by atoms with Gasteiger partial charge in [0.15, 0.2) is 15.6 Å². The summed E-state index contributed by atoms with van der Waals surface area (Å²) >= 11 is 0. The van der Waals surface area contributed by atoms with Gasteiger partial charge in [0, 0.05) is 36.5 Å². The molecule has 1 aliphatic rings. The number of benzene rings is 1. The summed E-state index contributed by atoms with van der Waals surface area (Å²) in [6.07, 6.45) is -1.52. The molecule has 0 fully saturated rings. The highest BCUT2D eigenvalue weighted by molar-refractivity contribution is 7.90. The molecular formula is C21H18F3N3O4S. The van der Waals surface area contributed by atoms with Crippen LogP contribution >= 0.6 is 0 Å². The number of halogens is 3. The molecule has 2 aromatic rings. The molecule has 32 heavy (non-hydrogen) atoms. The normalized spacial score (nSPS) is 16.9. The van der Waals surface area contributed by atoms with E-state index in [1.807, 2.05) is 0 Å². The van der Waals surface area contributed by atoms with Crippen molar-refractivity contribution in [3.05, 3.63) is 65.1 Å². The number of aliphatic imine (C=N–C) groups is 1. The molecule has 1 N–H and O–H groups in total. The Bertz CT molecular complexity index is 1230. The summed E-state index contributed by atoms with van der Waals surface area (Å²) in [6, 6.07) is 7.85. The summed E-state index contributed by atoms with van der Waals surface area (Å²) in [4.78, 5) is 32.9. The third kappa shape index (κ3) is 5.10. The van der Waals surface area contributed by atoms with Crippen LogP contribution in [0.5, 0.6) is 0 Å². The summed E-state index contributed by atoms with van der Waals surface area (Å²) in [6.45, 7) is 1.49. The minimum atomic E-state index is -4.69. The van der Waals surface area contributed by atoms with Crippen LogP contribution < -0.4 is 5.32 Å². The summed E-state index contributed by atoms with van der Waals surface area (Å²) < 4.78 is 62.0. The van der Waals surface area contributed by atoms with Gasteiger partial charge in [-0.05, 0) is 42.3 Å².